The van der Waals surface area contributed by atoms with Crippen LogP contribution in [0.4, 0.5) is 0 Å². The standard InChI is InChI=1S/C18H22N2O4/c1-2-22-17-7-6-16(24-17)18(21)20-11-8-15(9-12-20)23-13-14-5-3-4-10-19-14/h3-7,10,15H,2,8-9,11-13H2,1H3. The summed E-state index contributed by atoms with van der Waals surface area (Å²) in [5.74, 6) is 0.616. The van der Waals surface area contributed by atoms with Gasteiger partial charge in [0.2, 0.25) is 0 Å². The van der Waals surface area contributed by atoms with Crippen molar-refractivity contribution in [3.05, 3.63) is 48.0 Å². The molecule has 3 rings (SSSR count). The first kappa shape index (κ1) is 16.5. The Labute approximate surface area is 141 Å². The molecule has 0 spiro atoms. The van der Waals surface area contributed by atoms with Gasteiger partial charge in [-0.15, -0.1) is 0 Å². The Morgan fingerprint density at radius 1 is 1.29 bits per heavy atom. The molecule has 0 saturated carbocycles. The van der Waals surface area contributed by atoms with Crippen molar-refractivity contribution in [2.75, 3.05) is 19.7 Å². The van der Waals surface area contributed by atoms with Crippen LogP contribution in [0.25, 0.3) is 0 Å². The first-order valence-electron chi connectivity index (χ1n) is 8.29. The normalized spacial score (nSPS) is 15.5. The molecule has 2 aromatic heterocycles. The fourth-order valence-electron chi connectivity index (χ4n) is 2.72. The fraction of sp³-hybridized carbons (Fsp3) is 0.444. The molecule has 1 amide bonds. The van der Waals surface area contributed by atoms with Crippen molar-refractivity contribution in [3.63, 3.8) is 0 Å². The minimum absolute atomic E-state index is 0.0934. The van der Waals surface area contributed by atoms with Crippen LogP contribution in [0.2, 0.25) is 0 Å². The topological polar surface area (TPSA) is 64.8 Å². The second-order valence-electron chi connectivity index (χ2n) is 5.68. The van der Waals surface area contributed by atoms with Crippen LogP contribution in [-0.2, 0) is 11.3 Å². The maximum atomic E-state index is 12.4. The molecule has 24 heavy (non-hydrogen) atoms. The number of rotatable bonds is 6. The van der Waals surface area contributed by atoms with Gasteiger partial charge in [-0.2, -0.15) is 0 Å². The van der Waals surface area contributed by atoms with Crippen LogP contribution in [0, 0.1) is 0 Å². The summed E-state index contributed by atoms with van der Waals surface area (Å²) in [4.78, 5) is 18.5. The Balaban J connectivity index is 1.46. The van der Waals surface area contributed by atoms with Gasteiger partial charge in [0.25, 0.3) is 11.9 Å². The van der Waals surface area contributed by atoms with Crippen molar-refractivity contribution in [1.82, 2.24) is 9.88 Å². The first-order valence-corrected chi connectivity index (χ1v) is 8.29. The summed E-state index contributed by atoms with van der Waals surface area (Å²) in [6.07, 6.45) is 3.56. The third-order valence-corrected chi connectivity index (χ3v) is 4.00. The molecular weight excluding hydrogens is 308 g/mol. The molecule has 0 N–H and O–H groups in total. The van der Waals surface area contributed by atoms with E-state index in [0.29, 0.717) is 38.0 Å². The molecule has 1 aliphatic heterocycles. The zero-order valence-corrected chi connectivity index (χ0v) is 13.8. The molecule has 0 aromatic carbocycles. The van der Waals surface area contributed by atoms with Gasteiger partial charge >= 0.3 is 0 Å². The summed E-state index contributed by atoms with van der Waals surface area (Å²) in [6, 6.07) is 9.13. The Bertz CT molecular complexity index is 648. The number of aromatic nitrogens is 1. The van der Waals surface area contributed by atoms with E-state index in [-0.39, 0.29) is 12.0 Å². The van der Waals surface area contributed by atoms with Crippen molar-refractivity contribution in [3.8, 4) is 5.95 Å². The highest BCUT2D eigenvalue weighted by atomic mass is 16.6. The number of likely N-dealkylation sites (tertiary alicyclic amines) is 1. The molecule has 0 bridgehead atoms. The average molecular weight is 330 g/mol. The van der Waals surface area contributed by atoms with E-state index in [4.69, 9.17) is 13.9 Å². The number of carbonyl (C=O) groups excluding carboxylic acids is 1. The van der Waals surface area contributed by atoms with Crippen LogP contribution in [-0.4, -0.2) is 41.6 Å². The van der Waals surface area contributed by atoms with Gasteiger partial charge in [0.05, 0.1) is 25.0 Å². The summed E-state index contributed by atoms with van der Waals surface area (Å²) >= 11 is 0. The van der Waals surface area contributed by atoms with Gasteiger partial charge < -0.3 is 18.8 Å². The van der Waals surface area contributed by atoms with Crippen molar-refractivity contribution < 1.29 is 18.7 Å². The molecule has 6 heteroatoms. The Morgan fingerprint density at radius 2 is 2.12 bits per heavy atom. The molecule has 1 saturated heterocycles. The maximum Gasteiger partial charge on any atom is 0.289 e. The van der Waals surface area contributed by atoms with Gasteiger partial charge in [-0.05, 0) is 38.0 Å². The van der Waals surface area contributed by atoms with E-state index >= 15 is 0 Å². The van der Waals surface area contributed by atoms with Crippen molar-refractivity contribution in [2.45, 2.75) is 32.5 Å². The number of hydrogen-bond donors (Lipinski definition) is 0. The highest BCUT2D eigenvalue weighted by molar-refractivity contribution is 5.91. The molecule has 6 nitrogen and oxygen atoms in total. The van der Waals surface area contributed by atoms with Crippen LogP contribution < -0.4 is 4.74 Å². The van der Waals surface area contributed by atoms with E-state index in [1.54, 1.807) is 23.2 Å². The highest BCUT2D eigenvalue weighted by Gasteiger charge is 2.26. The van der Waals surface area contributed by atoms with Gasteiger partial charge in [0.1, 0.15) is 0 Å². The summed E-state index contributed by atoms with van der Waals surface area (Å²) in [5.41, 5.74) is 0.926. The predicted octanol–water partition coefficient (Wildman–Crippen LogP) is 2.89. The number of carbonyl (C=O) groups is 1. The fourth-order valence-corrected chi connectivity index (χ4v) is 2.72. The highest BCUT2D eigenvalue weighted by Crippen LogP contribution is 2.21. The molecule has 1 aliphatic rings. The first-order chi connectivity index (χ1) is 11.8. The smallest absolute Gasteiger partial charge is 0.289 e. The third-order valence-electron chi connectivity index (χ3n) is 4.00. The third kappa shape index (κ3) is 4.14. The molecule has 128 valence electrons. The van der Waals surface area contributed by atoms with E-state index in [0.717, 1.165) is 18.5 Å². The predicted molar refractivity (Wildman–Crippen MR) is 87.8 cm³/mol. The Kier molecular flexibility index (Phi) is 5.48. The number of ether oxygens (including phenoxy) is 2. The number of pyridine rings is 1. The van der Waals surface area contributed by atoms with Gasteiger partial charge in [-0.1, -0.05) is 6.07 Å². The molecule has 1 fully saturated rings. The zero-order valence-electron chi connectivity index (χ0n) is 13.8. The van der Waals surface area contributed by atoms with Crippen LogP contribution in [0.1, 0.15) is 36.0 Å². The van der Waals surface area contributed by atoms with E-state index in [1.807, 2.05) is 25.1 Å². The van der Waals surface area contributed by atoms with Crippen LogP contribution in [0.5, 0.6) is 5.95 Å². The maximum absolute atomic E-state index is 12.4. The van der Waals surface area contributed by atoms with Crippen LogP contribution in [0.15, 0.2) is 40.9 Å². The summed E-state index contributed by atoms with van der Waals surface area (Å²) < 4.78 is 16.6. The van der Waals surface area contributed by atoms with Crippen LogP contribution >= 0.6 is 0 Å². The summed E-state index contributed by atoms with van der Waals surface area (Å²) in [7, 11) is 0. The minimum Gasteiger partial charge on any atom is -0.465 e. The Hall–Kier alpha value is -2.34. The molecular formula is C18H22N2O4. The minimum atomic E-state index is -0.0934. The lowest BCUT2D eigenvalue weighted by molar-refractivity contribution is -0.00235. The quantitative estimate of drug-likeness (QED) is 0.815. The lowest BCUT2D eigenvalue weighted by atomic mass is 10.1. The van der Waals surface area contributed by atoms with E-state index in [1.165, 1.54) is 0 Å². The molecule has 0 radical (unpaired) electrons. The summed E-state index contributed by atoms with van der Waals surface area (Å²) in [5, 5.41) is 0. The number of furan rings is 1. The van der Waals surface area contributed by atoms with Crippen molar-refractivity contribution in [1.29, 1.82) is 0 Å². The lowest BCUT2D eigenvalue weighted by Crippen LogP contribution is -2.40. The molecule has 2 aromatic rings. The zero-order chi connectivity index (χ0) is 16.8. The van der Waals surface area contributed by atoms with Gasteiger partial charge in [0, 0.05) is 25.4 Å². The van der Waals surface area contributed by atoms with Crippen LogP contribution in [0.3, 0.4) is 0 Å². The van der Waals surface area contributed by atoms with Gasteiger partial charge in [0.15, 0.2) is 5.76 Å². The number of piperidine rings is 1. The number of nitrogens with zero attached hydrogens (tertiary/aromatic N) is 2. The lowest BCUT2D eigenvalue weighted by Gasteiger charge is -2.31. The second-order valence-corrected chi connectivity index (χ2v) is 5.68. The van der Waals surface area contributed by atoms with E-state index in [2.05, 4.69) is 4.98 Å². The van der Waals surface area contributed by atoms with Crippen molar-refractivity contribution in [2.24, 2.45) is 0 Å². The molecule has 0 atom stereocenters. The largest absolute Gasteiger partial charge is 0.465 e. The van der Waals surface area contributed by atoms with Gasteiger partial charge in [-0.25, -0.2) is 0 Å². The monoisotopic (exact) mass is 330 g/mol. The Morgan fingerprint density at radius 3 is 2.83 bits per heavy atom. The second kappa shape index (κ2) is 7.97. The van der Waals surface area contributed by atoms with E-state index in [9.17, 15) is 4.79 Å². The number of amides is 1. The van der Waals surface area contributed by atoms with Gasteiger partial charge in [-0.3, -0.25) is 9.78 Å². The van der Waals surface area contributed by atoms with Crippen molar-refractivity contribution >= 4 is 5.91 Å². The molecule has 3 heterocycles. The molecule has 0 aliphatic carbocycles. The van der Waals surface area contributed by atoms with E-state index < -0.39 is 0 Å². The SMILES string of the molecule is CCOc1ccc(C(=O)N2CCC(OCc3ccccn3)CC2)o1. The average Bonchev–Trinajstić information content (AvgIpc) is 3.10. The number of hydrogen-bond acceptors (Lipinski definition) is 5. The molecule has 0 unspecified atom stereocenters. The summed E-state index contributed by atoms with van der Waals surface area (Å²) in [6.45, 7) is 4.22.